The summed E-state index contributed by atoms with van der Waals surface area (Å²) in [5, 5.41) is 2.85. The van der Waals surface area contributed by atoms with Crippen molar-refractivity contribution in [1.29, 1.82) is 0 Å². The highest BCUT2D eigenvalue weighted by atomic mass is 79.9. The number of methoxy groups -OCH3 is 2. The van der Waals surface area contributed by atoms with Crippen molar-refractivity contribution in [3.05, 3.63) is 34.1 Å². The van der Waals surface area contributed by atoms with E-state index >= 15 is 0 Å². The Morgan fingerprint density at radius 1 is 1.21 bits per heavy atom. The lowest BCUT2D eigenvalue weighted by molar-refractivity contribution is -0.120. The van der Waals surface area contributed by atoms with Gasteiger partial charge in [0.25, 0.3) is 10.0 Å². The number of halogens is 1. The summed E-state index contributed by atoms with van der Waals surface area (Å²) < 4.78 is 38.5. The van der Waals surface area contributed by atoms with Crippen LogP contribution in [-0.4, -0.2) is 45.9 Å². The zero-order valence-electron chi connectivity index (χ0n) is 15.5. The number of nitrogens with zero attached hydrogens (tertiary/aromatic N) is 1. The molecule has 1 N–H and O–H groups in total. The predicted molar refractivity (Wildman–Crippen MR) is 112 cm³/mol. The van der Waals surface area contributed by atoms with Crippen molar-refractivity contribution >= 4 is 48.9 Å². The Kier molecular flexibility index (Phi) is 6.64. The summed E-state index contributed by atoms with van der Waals surface area (Å²) in [7, 11) is -0.530. The van der Waals surface area contributed by atoms with Crippen molar-refractivity contribution in [3.8, 4) is 11.5 Å². The normalized spacial score (nSPS) is 17.9. The van der Waals surface area contributed by atoms with Gasteiger partial charge in [0, 0.05) is 37.0 Å². The van der Waals surface area contributed by atoms with Crippen molar-refractivity contribution in [2.24, 2.45) is 5.92 Å². The molecule has 0 radical (unpaired) electrons. The fraction of sp³-hybridized carbons (Fsp3) is 0.389. The fourth-order valence-electron chi connectivity index (χ4n) is 3.06. The van der Waals surface area contributed by atoms with Crippen LogP contribution in [0.5, 0.6) is 11.5 Å². The Hall–Kier alpha value is -1.62. The summed E-state index contributed by atoms with van der Waals surface area (Å²) in [4.78, 5) is 12.8. The Balaban J connectivity index is 1.73. The van der Waals surface area contributed by atoms with Gasteiger partial charge in [-0.2, -0.15) is 4.31 Å². The molecule has 0 saturated carbocycles. The van der Waals surface area contributed by atoms with Crippen LogP contribution in [0.2, 0.25) is 0 Å². The molecular formula is C18H21BrN2O5S2. The van der Waals surface area contributed by atoms with Crippen molar-refractivity contribution in [2.45, 2.75) is 17.1 Å². The molecule has 10 heteroatoms. The first-order valence-corrected chi connectivity index (χ1v) is 11.7. The van der Waals surface area contributed by atoms with Crippen LogP contribution in [0, 0.1) is 5.92 Å². The van der Waals surface area contributed by atoms with E-state index in [1.165, 1.54) is 29.9 Å². The largest absolute Gasteiger partial charge is 0.497 e. The van der Waals surface area contributed by atoms with Crippen molar-refractivity contribution in [2.75, 3.05) is 32.6 Å². The topological polar surface area (TPSA) is 84.9 Å². The minimum absolute atomic E-state index is 0.158. The Bertz CT molecular complexity index is 938. The number of rotatable bonds is 6. The van der Waals surface area contributed by atoms with Gasteiger partial charge in [-0.1, -0.05) is 0 Å². The lowest BCUT2D eigenvalue weighted by Gasteiger charge is -2.30. The molecule has 1 unspecified atom stereocenters. The molecule has 152 valence electrons. The lowest BCUT2D eigenvalue weighted by Crippen LogP contribution is -2.43. The molecule has 1 saturated heterocycles. The van der Waals surface area contributed by atoms with E-state index in [9.17, 15) is 13.2 Å². The molecular weight excluding hydrogens is 468 g/mol. The number of hydrogen-bond donors (Lipinski definition) is 1. The molecule has 1 fully saturated rings. The molecule has 1 aliphatic heterocycles. The summed E-state index contributed by atoms with van der Waals surface area (Å²) in [6.45, 7) is 0.569. The smallest absolute Gasteiger partial charge is 0.252 e. The molecule has 1 amide bonds. The molecule has 0 bridgehead atoms. The van der Waals surface area contributed by atoms with E-state index in [0.29, 0.717) is 36.6 Å². The average molecular weight is 489 g/mol. The quantitative estimate of drug-likeness (QED) is 0.671. The van der Waals surface area contributed by atoms with Crippen LogP contribution < -0.4 is 14.8 Å². The summed E-state index contributed by atoms with van der Waals surface area (Å²) in [6.07, 6.45) is 1.26. The van der Waals surface area contributed by atoms with Gasteiger partial charge in [-0.05, 0) is 40.9 Å². The molecule has 1 aliphatic rings. The minimum Gasteiger partial charge on any atom is -0.497 e. The second kappa shape index (κ2) is 8.81. The SMILES string of the molecule is COc1cc(NC(=O)C2CCCN(S(=O)(=O)c3ccc(Br)s3)C2)cc(OC)c1. The van der Waals surface area contributed by atoms with E-state index in [0.717, 1.165) is 3.79 Å². The van der Waals surface area contributed by atoms with Crippen LogP contribution in [0.15, 0.2) is 38.3 Å². The van der Waals surface area contributed by atoms with E-state index in [4.69, 9.17) is 9.47 Å². The molecule has 0 aliphatic carbocycles. The van der Waals surface area contributed by atoms with Gasteiger partial charge in [0.1, 0.15) is 15.7 Å². The number of amides is 1. The van der Waals surface area contributed by atoms with E-state index in [1.807, 2.05) is 0 Å². The van der Waals surface area contributed by atoms with Gasteiger partial charge in [-0.25, -0.2) is 8.42 Å². The summed E-state index contributed by atoms with van der Waals surface area (Å²) in [5.41, 5.74) is 0.545. The number of nitrogens with one attached hydrogen (secondary N) is 1. The molecule has 2 aromatic rings. The summed E-state index contributed by atoms with van der Waals surface area (Å²) >= 11 is 4.46. The highest BCUT2D eigenvalue weighted by Gasteiger charge is 2.34. The summed E-state index contributed by atoms with van der Waals surface area (Å²) in [5.74, 6) is 0.475. The second-order valence-corrected chi connectivity index (χ2v) is 11.0. The zero-order valence-corrected chi connectivity index (χ0v) is 18.7. The van der Waals surface area contributed by atoms with E-state index in [-0.39, 0.29) is 16.7 Å². The first-order chi connectivity index (χ1) is 13.3. The number of carbonyl (C=O) groups is 1. The first-order valence-electron chi connectivity index (χ1n) is 8.63. The van der Waals surface area contributed by atoms with Gasteiger partial charge in [0.05, 0.1) is 23.9 Å². The number of benzene rings is 1. The van der Waals surface area contributed by atoms with Gasteiger partial charge in [-0.3, -0.25) is 4.79 Å². The third kappa shape index (κ3) is 4.68. The number of piperidine rings is 1. The third-order valence-corrected chi connectivity index (χ3v) is 8.47. The number of ether oxygens (including phenoxy) is 2. The average Bonchev–Trinajstić information content (AvgIpc) is 3.15. The first kappa shape index (κ1) is 21.1. The molecule has 7 nitrogen and oxygen atoms in total. The Morgan fingerprint density at radius 2 is 1.89 bits per heavy atom. The fourth-order valence-corrected chi connectivity index (χ4v) is 6.75. The monoisotopic (exact) mass is 488 g/mol. The highest BCUT2D eigenvalue weighted by molar-refractivity contribution is 9.11. The number of sulfonamides is 1. The van der Waals surface area contributed by atoms with Gasteiger partial charge in [-0.15, -0.1) is 11.3 Å². The molecule has 0 spiro atoms. The standard InChI is InChI=1S/C18H21BrN2O5S2/c1-25-14-8-13(9-15(10-14)26-2)20-18(22)12-4-3-7-21(11-12)28(23,24)17-6-5-16(19)27-17/h5-6,8-10,12H,3-4,7,11H2,1-2H3,(H,20,22). The Labute approximate surface area is 176 Å². The maximum atomic E-state index is 12.8. The van der Waals surface area contributed by atoms with Crippen molar-refractivity contribution in [3.63, 3.8) is 0 Å². The van der Waals surface area contributed by atoms with Crippen LogP contribution in [0.4, 0.5) is 5.69 Å². The lowest BCUT2D eigenvalue weighted by atomic mass is 9.98. The molecule has 1 aromatic heterocycles. The van der Waals surface area contributed by atoms with Crippen molar-refractivity contribution < 1.29 is 22.7 Å². The zero-order chi connectivity index (χ0) is 20.3. The number of thiophene rings is 1. The predicted octanol–water partition coefficient (Wildman–Crippen LogP) is 3.57. The summed E-state index contributed by atoms with van der Waals surface area (Å²) in [6, 6.07) is 8.39. The van der Waals surface area contributed by atoms with Crippen LogP contribution in [-0.2, 0) is 14.8 Å². The maximum Gasteiger partial charge on any atom is 0.252 e. The van der Waals surface area contributed by atoms with E-state index < -0.39 is 15.9 Å². The minimum atomic E-state index is -3.60. The molecule has 1 aromatic carbocycles. The van der Waals surface area contributed by atoms with Gasteiger partial charge < -0.3 is 14.8 Å². The number of hydrogen-bond acceptors (Lipinski definition) is 6. The molecule has 28 heavy (non-hydrogen) atoms. The van der Waals surface area contributed by atoms with Crippen LogP contribution >= 0.6 is 27.3 Å². The van der Waals surface area contributed by atoms with E-state index in [2.05, 4.69) is 21.2 Å². The molecule has 1 atom stereocenters. The number of anilines is 1. The number of carbonyl (C=O) groups excluding carboxylic acids is 1. The highest BCUT2D eigenvalue weighted by Crippen LogP contribution is 2.31. The Morgan fingerprint density at radius 3 is 2.46 bits per heavy atom. The van der Waals surface area contributed by atoms with Crippen LogP contribution in [0.3, 0.4) is 0 Å². The van der Waals surface area contributed by atoms with Gasteiger partial charge in [0.15, 0.2) is 0 Å². The van der Waals surface area contributed by atoms with Crippen LogP contribution in [0.1, 0.15) is 12.8 Å². The van der Waals surface area contributed by atoms with Crippen molar-refractivity contribution in [1.82, 2.24) is 4.31 Å². The van der Waals surface area contributed by atoms with E-state index in [1.54, 1.807) is 30.3 Å². The molecule has 3 rings (SSSR count). The van der Waals surface area contributed by atoms with Gasteiger partial charge in [0.2, 0.25) is 5.91 Å². The second-order valence-electron chi connectivity index (χ2n) is 6.35. The molecule has 2 heterocycles. The maximum absolute atomic E-state index is 12.8. The van der Waals surface area contributed by atoms with Crippen LogP contribution in [0.25, 0.3) is 0 Å². The van der Waals surface area contributed by atoms with Gasteiger partial charge >= 0.3 is 0 Å². The third-order valence-electron chi connectivity index (χ3n) is 4.52.